The van der Waals surface area contributed by atoms with E-state index in [0.717, 1.165) is 24.3 Å². The van der Waals surface area contributed by atoms with Gasteiger partial charge in [-0.05, 0) is 56.0 Å². The lowest BCUT2D eigenvalue weighted by molar-refractivity contribution is 0.0985. The van der Waals surface area contributed by atoms with Crippen molar-refractivity contribution in [3.05, 3.63) is 0 Å². The van der Waals surface area contributed by atoms with E-state index in [2.05, 4.69) is 25.8 Å². The van der Waals surface area contributed by atoms with E-state index in [4.69, 9.17) is 5.73 Å². The lowest BCUT2D eigenvalue weighted by atomic mass is 9.70. The summed E-state index contributed by atoms with van der Waals surface area (Å²) in [5.74, 6) is 2.81. The molecule has 0 aromatic rings. The molecule has 0 aromatic carbocycles. The van der Waals surface area contributed by atoms with Crippen molar-refractivity contribution < 1.29 is 0 Å². The second-order valence-corrected chi connectivity index (χ2v) is 7.08. The average Bonchev–Trinajstić information content (AvgIpc) is 2.93. The first kappa shape index (κ1) is 13.4. The van der Waals surface area contributed by atoms with Gasteiger partial charge in [0.15, 0.2) is 0 Å². The van der Waals surface area contributed by atoms with Crippen molar-refractivity contribution in [2.75, 3.05) is 26.7 Å². The molecule has 0 bridgehead atoms. The summed E-state index contributed by atoms with van der Waals surface area (Å²) in [5.41, 5.74) is 6.52. The zero-order chi connectivity index (χ0) is 12.5. The molecule has 0 amide bonds. The second kappa shape index (κ2) is 5.27. The summed E-state index contributed by atoms with van der Waals surface area (Å²) >= 11 is 0. The maximum atomic E-state index is 6.10. The van der Waals surface area contributed by atoms with E-state index in [9.17, 15) is 0 Å². The monoisotopic (exact) mass is 238 g/mol. The van der Waals surface area contributed by atoms with Crippen LogP contribution in [0.2, 0.25) is 0 Å². The number of hydrogen-bond donors (Lipinski definition) is 1. The highest BCUT2D eigenvalue weighted by Gasteiger charge is 2.37. The Hall–Kier alpha value is -0.0800. The van der Waals surface area contributed by atoms with Gasteiger partial charge in [0, 0.05) is 13.1 Å². The van der Waals surface area contributed by atoms with Crippen molar-refractivity contribution in [1.82, 2.24) is 4.90 Å². The Labute approximate surface area is 107 Å². The molecule has 0 heterocycles. The van der Waals surface area contributed by atoms with Gasteiger partial charge in [-0.1, -0.05) is 26.7 Å². The molecule has 2 rings (SSSR count). The zero-order valence-corrected chi connectivity index (χ0v) is 11.9. The molecule has 2 nitrogen and oxygen atoms in total. The molecular formula is C15H30N2. The molecule has 17 heavy (non-hydrogen) atoms. The minimum atomic E-state index is 0.421. The molecular weight excluding hydrogens is 208 g/mol. The largest absolute Gasteiger partial charge is 0.330 e. The SMILES string of the molecule is CC1CCCC(CN)(CN(C)CC2CC2C)C1. The molecule has 0 aliphatic heterocycles. The van der Waals surface area contributed by atoms with E-state index < -0.39 is 0 Å². The molecule has 100 valence electrons. The third-order valence-corrected chi connectivity index (χ3v) is 5.05. The fourth-order valence-corrected chi connectivity index (χ4v) is 3.85. The van der Waals surface area contributed by atoms with Gasteiger partial charge < -0.3 is 10.6 Å². The van der Waals surface area contributed by atoms with Crippen LogP contribution in [0.4, 0.5) is 0 Å². The van der Waals surface area contributed by atoms with Crippen LogP contribution in [-0.4, -0.2) is 31.6 Å². The van der Waals surface area contributed by atoms with Crippen LogP contribution >= 0.6 is 0 Å². The van der Waals surface area contributed by atoms with Crippen LogP contribution in [0.3, 0.4) is 0 Å². The van der Waals surface area contributed by atoms with E-state index in [1.807, 2.05) is 0 Å². The zero-order valence-electron chi connectivity index (χ0n) is 11.9. The van der Waals surface area contributed by atoms with Gasteiger partial charge in [0.2, 0.25) is 0 Å². The maximum Gasteiger partial charge on any atom is 0.00472 e. The third kappa shape index (κ3) is 3.45. The summed E-state index contributed by atoms with van der Waals surface area (Å²) in [6.45, 7) is 8.16. The average molecular weight is 238 g/mol. The van der Waals surface area contributed by atoms with Crippen LogP contribution in [0.15, 0.2) is 0 Å². The van der Waals surface area contributed by atoms with Crippen LogP contribution in [0.1, 0.15) is 46.0 Å². The van der Waals surface area contributed by atoms with Gasteiger partial charge in [-0.2, -0.15) is 0 Å². The fraction of sp³-hybridized carbons (Fsp3) is 1.00. The van der Waals surface area contributed by atoms with Crippen molar-refractivity contribution in [1.29, 1.82) is 0 Å². The van der Waals surface area contributed by atoms with Crippen molar-refractivity contribution in [2.45, 2.75) is 46.0 Å². The summed E-state index contributed by atoms with van der Waals surface area (Å²) in [6.07, 6.45) is 6.92. The molecule has 0 spiro atoms. The predicted molar refractivity (Wildman–Crippen MR) is 73.9 cm³/mol. The summed E-state index contributed by atoms with van der Waals surface area (Å²) in [7, 11) is 2.29. The quantitative estimate of drug-likeness (QED) is 0.798. The van der Waals surface area contributed by atoms with E-state index in [1.54, 1.807) is 0 Å². The Balaban J connectivity index is 1.84. The summed E-state index contributed by atoms with van der Waals surface area (Å²) in [6, 6.07) is 0. The van der Waals surface area contributed by atoms with Crippen molar-refractivity contribution in [3.63, 3.8) is 0 Å². The predicted octanol–water partition coefficient (Wildman–Crippen LogP) is 2.73. The first-order valence-corrected chi connectivity index (χ1v) is 7.43. The number of rotatable bonds is 5. The van der Waals surface area contributed by atoms with Crippen LogP contribution in [0.5, 0.6) is 0 Å². The Morgan fingerprint density at radius 1 is 1.35 bits per heavy atom. The Bertz CT molecular complexity index is 253. The maximum absolute atomic E-state index is 6.10. The topological polar surface area (TPSA) is 29.3 Å². The lowest BCUT2D eigenvalue weighted by Crippen LogP contribution is -2.44. The van der Waals surface area contributed by atoms with E-state index in [-0.39, 0.29) is 0 Å². The molecule has 0 saturated heterocycles. The molecule has 2 fully saturated rings. The highest BCUT2D eigenvalue weighted by Crippen LogP contribution is 2.41. The summed E-state index contributed by atoms with van der Waals surface area (Å²) in [4.78, 5) is 2.55. The van der Waals surface area contributed by atoms with Crippen molar-refractivity contribution >= 4 is 0 Å². The highest BCUT2D eigenvalue weighted by atomic mass is 15.1. The third-order valence-electron chi connectivity index (χ3n) is 5.05. The molecule has 2 N–H and O–H groups in total. The van der Waals surface area contributed by atoms with Crippen molar-refractivity contribution in [2.24, 2.45) is 28.9 Å². The van der Waals surface area contributed by atoms with Gasteiger partial charge in [0.25, 0.3) is 0 Å². The van der Waals surface area contributed by atoms with Crippen molar-refractivity contribution in [3.8, 4) is 0 Å². The molecule has 0 radical (unpaired) electrons. The molecule has 4 unspecified atom stereocenters. The Morgan fingerprint density at radius 3 is 2.59 bits per heavy atom. The van der Waals surface area contributed by atoms with Gasteiger partial charge in [0.05, 0.1) is 0 Å². The fourth-order valence-electron chi connectivity index (χ4n) is 3.85. The van der Waals surface area contributed by atoms with Gasteiger partial charge in [-0.25, -0.2) is 0 Å². The molecule has 2 saturated carbocycles. The van der Waals surface area contributed by atoms with Crippen LogP contribution in [-0.2, 0) is 0 Å². The minimum absolute atomic E-state index is 0.421. The summed E-state index contributed by atoms with van der Waals surface area (Å²) < 4.78 is 0. The first-order chi connectivity index (χ1) is 8.04. The number of nitrogens with two attached hydrogens (primary N) is 1. The normalized spacial score (nSPS) is 41.8. The van der Waals surface area contributed by atoms with E-state index >= 15 is 0 Å². The first-order valence-electron chi connectivity index (χ1n) is 7.43. The van der Waals surface area contributed by atoms with Gasteiger partial charge in [-0.3, -0.25) is 0 Å². The lowest BCUT2D eigenvalue weighted by Gasteiger charge is -2.42. The van der Waals surface area contributed by atoms with E-state index in [0.29, 0.717) is 5.41 Å². The van der Waals surface area contributed by atoms with Gasteiger partial charge >= 0.3 is 0 Å². The second-order valence-electron chi connectivity index (χ2n) is 7.08. The Kier molecular flexibility index (Phi) is 4.14. The Morgan fingerprint density at radius 2 is 2.06 bits per heavy atom. The van der Waals surface area contributed by atoms with Gasteiger partial charge in [0.1, 0.15) is 0 Å². The molecule has 2 aliphatic rings. The summed E-state index contributed by atoms with van der Waals surface area (Å²) in [5, 5.41) is 0. The highest BCUT2D eigenvalue weighted by molar-refractivity contribution is 4.90. The standard InChI is InChI=1S/C15H30N2/c1-12-5-4-6-15(8-12,10-16)11-17(3)9-14-7-13(14)2/h12-14H,4-11,16H2,1-3H3. The molecule has 2 aliphatic carbocycles. The molecule has 0 aromatic heterocycles. The number of hydrogen-bond acceptors (Lipinski definition) is 2. The smallest absolute Gasteiger partial charge is 0.00472 e. The van der Waals surface area contributed by atoms with Crippen LogP contribution in [0.25, 0.3) is 0 Å². The van der Waals surface area contributed by atoms with E-state index in [1.165, 1.54) is 45.2 Å². The molecule has 4 atom stereocenters. The van der Waals surface area contributed by atoms with Crippen LogP contribution in [0, 0.1) is 23.2 Å². The minimum Gasteiger partial charge on any atom is -0.330 e. The van der Waals surface area contributed by atoms with Crippen LogP contribution < -0.4 is 5.73 Å². The van der Waals surface area contributed by atoms with Gasteiger partial charge in [-0.15, -0.1) is 0 Å². The number of nitrogens with zero attached hydrogens (tertiary/aromatic N) is 1. The molecule has 2 heteroatoms.